The second-order valence-corrected chi connectivity index (χ2v) is 9.05. The van der Waals surface area contributed by atoms with Crippen LogP contribution in [0.2, 0.25) is 0 Å². The Kier molecular flexibility index (Phi) is 7.57. The Morgan fingerprint density at radius 2 is 1.66 bits per heavy atom. The van der Waals surface area contributed by atoms with Gasteiger partial charge >= 0.3 is 6.18 Å². The van der Waals surface area contributed by atoms with Gasteiger partial charge in [0.1, 0.15) is 11.6 Å². The van der Waals surface area contributed by atoms with Crippen LogP contribution in [0.4, 0.5) is 23.4 Å². The molecule has 188 valence electrons. The minimum Gasteiger partial charge on any atom is -0.355 e. The lowest BCUT2D eigenvalue weighted by atomic mass is 9.95. The number of halogens is 4. The molecule has 0 bridgehead atoms. The fraction of sp³-hybridized carbons (Fsp3) is 0.480. The van der Waals surface area contributed by atoms with Crippen molar-refractivity contribution in [2.24, 2.45) is 5.92 Å². The van der Waals surface area contributed by atoms with Gasteiger partial charge in [0.15, 0.2) is 0 Å². The van der Waals surface area contributed by atoms with E-state index in [4.69, 9.17) is 0 Å². The van der Waals surface area contributed by atoms with Crippen LogP contribution in [0.5, 0.6) is 0 Å². The van der Waals surface area contributed by atoms with Gasteiger partial charge in [0.25, 0.3) is 0 Å². The van der Waals surface area contributed by atoms with Crippen molar-refractivity contribution in [3.63, 3.8) is 0 Å². The van der Waals surface area contributed by atoms with Crippen molar-refractivity contribution >= 4 is 17.6 Å². The van der Waals surface area contributed by atoms with Gasteiger partial charge in [0, 0.05) is 45.5 Å². The van der Waals surface area contributed by atoms with Crippen LogP contribution < -0.4 is 4.90 Å². The molecule has 0 spiro atoms. The fourth-order valence-corrected chi connectivity index (χ4v) is 4.66. The van der Waals surface area contributed by atoms with E-state index >= 15 is 0 Å². The molecule has 0 radical (unpaired) electrons. The molecule has 0 aliphatic carbocycles. The third-order valence-electron chi connectivity index (χ3n) is 6.60. The molecule has 35 heavy (non-hydrogen) atoms. The number of amides is 2. The Hall–Kier alpha value is -3.17. The number of nitrogens with zero attached hydrogens (tertiary/aromatic N) is 4. The van der Waals surface area contributed by atoms with Gasteiger partial charge in [-0.3, -0.25) is 9.59 Å². The first kappa shape index (κ1) is 24.9. The lowest BCUT2D eigenvalue weighted by Gasteiger charge is -2.35. The van der Waals surface area contributed by atoms with Crippen molar-refractivity contribution in [2.45, 2.75) is 31.9 Å². The van der Waals surface area contributed by atoms with Crippen molar-refractivity contribution in [3.05, 3.63) is 59.5 Å². The number of benzene rings is 1. The minimum atomic E-state index is -4.43. The quantitative estimate of drug-likeness (QED) is 0.610. The van der Waals surface area contributed by atoms with E-state index < -0.39 is 11.7 Å². The molecule has 2 aromatic rings. The van der Waals surface area contributed by atoms with E-state index in [2.05, 4.69) is 4.98 Å². The standard InChI is InChI=1S/C25H28F4N4O2/c26-21-7-4-18(5-8-21)15-23(34)33-10-1-3-19(17-33)24(35)32-12-2-11-31(13-14-32)22-9-6-20(16-30-22)25(27,28)29/h4-9,16,19H,1-3,10-15,17H2. The fourth-order valence-electron chi connectivity index (χ4n) is 4.66. The topological polar surface area (TPSA) is 56.8 Å². The molecule has 4 rings (SSSR count). The predicted molar refractivity (Wildman–Crippen MR) is 122 cm³/mol. The number of alkyl halides is 3. The van der Waals surface area contributed by atoms with Crippen LogP contribution in [0.15, 0.2) is 42.6 Å². The van der Waals surface area contributed by atoms with Crippen molar-refractivity contribution in [1.29, 1.82) is 0 Å². The maximum absolute atomic E-state index is 13.3. The van der Waals surface area contributed by atoms with Gasteiger partial charge in [-0.15, -0.1) is 0 Å². The molecule has 6 nitrogen and oxygen atoms in total. The lowest BCUT2D eigenvalue weighted by Crippen LogP contribution is -2.48. The summed E-state index contributed by atoms with van der Waals surface area (Å²) in [4.78, 5) is 35.4. The van der Waals surface area contributed by atoms with Crippen LogP contribution in [-0.4, -0.2) is 65.9 Å². The second kappa shape index (κ2) is 10.6. The molecule has 10 heteroatoms. The maximum atomic E-state index is 13.3. The van der Waals surface area contributed by atoms with Crippen molar-refractivity contribution in [3.8, 4) is 0 Å². The smallest absolute Gasteiger partial charge is 0.355 e. The zero-order valence-corrected chi connectivity index (χ0v) is 19.3. The third-order valence-corrected chi connectivity index (χ3v) is 6.60. The number of carbonyl (C=O) groups excluding carboxylic acids is 2. The van der Waals surface area contributed by atoms with E-state index in [0.717, 1.165) is 24.2 Å². The average molecular weight is 493 g/mol. The SMILES string of the molecule is O=C(Cc1ccc(F)cc1)N1CCCC(C(=O)N2CCCN(c3ccc(C(F)(F)F)cn3)CC2)C1. The molecule has 0 N–H and O–H groups in total. The molecule has 2 aliphatic heterocycles. The Morgan fingerprint density at radius 1 is 0.914 bits per heavy atom. The Labute approximate surface area is 201 Å². The molecule has 2 aliphatic rings. The van der Waals surface area contributed by atoms with E-state index in [1.54, 1.807) is 21.9 Å². The number of anilines is 1. The monoisotopic (exact) mass is 492 g/mol. The summed E-state index contributed by atoms with van der Waals surface area (Å²) in [6.07, 6.45) is -1.31. The Bertz CT molecular complexity index is 1030. The molecule has 1 atom stereocenters. The van der Waals surface area contributed by atoms with Gasteiger partial charge in [0.05, 0.1) is 17.9 Å². The molecule has 2 amide bonds. The predicted octanol–water partition coefficient (Wildman–Crippen LogP) is 3.76. The summed E-state index contributed by atoms with van der Waals surface area (Å²) in [6, 6.07) is 8.23. The first-order valence-corrected chi connectivity index (χ1v) is 11.8. The summed E-state index contributed by atoms with van der Waals surface area (Å²) in [5, 5.41) is 0. The van der Waals surface area contributed by atoms with E-state index in [9.17, 15) is 27.2 Å². The highest BCUT2D eigenvalue weighted by Crippen LogP contribution is 2.29. The number of hydrogen-bond acceptors (Lipinski definition) is 4. The van der Waals surface area contributed by atoms with E-state index in [1.165, 1.54) is 18.2 Å². The first-order valence-electron chi connectivity index (χ1n) is 11.8. The van der Waals surface area contributed by atoms with Gasteiger partial charge in [0.2, 0.25) is 11.8 Å². The van der Waals surface area contributed by atoms with Gasteiger partial charge < -0.3 is 14.7 Å². The molecular weight excluding hydrogens is 464 g/mol. The zero-order valence-electron chi connectivity index (χ0n) is 19.3. The summed E-state index contributed by atoms with van der Waals surface area (Å²) < 4.78 is 51.5. The second-order valence-electron chi connectivity index (χ2n) is 9.05. The molecule has 1 aromatic carbocycles. The number of piperidine rings is 1. The molecule has 3 heterocycles. The number of likely N-dealkylation sites (tertiary alicyclic amines) is 1. The van der Waals surface area contributed by atoms with E-state index in [0.29, 0.717) is 57.9 Å². The highest BCUT2D eigenvalue weighted by atomic mass is 19.4. The summed E-state index contributed by atoms with van der Waals surface area (Å²) in [7, 11) is 0. The zero-order chi connectivity index (χ0) is 25.0. The molecular formula is C25H28F4N4O2. The van der Waals surface area contributed by atoms with Crippen molar-refractivity contribution in [2.75, 3.05) is 44.2 Å². The summed E-state index contributed by atoms with van der Waals surface area (Å²) >= 11 is 0. The van der Waals surface area contributed by atoms with Crippen molar-refractivity contribution in [1.82, 2.24) is 14.8 Å². The largest absolute Gasteiger partial charge is 0.417 e. The van der Waals surface area contributed by atoms with Gasteiger partial charge in [-0.25, -0.2) is 9.37 Å². The third kappa shape index (κ3) is 6.29. The van der Waals surface area contributed by atoms with Crippen LogP contribution in [0.1, 0.15) is 30.4 Å². The molecule has 2 fully saturated rings. The maximum Gasteiger partial charge on any atom is 0.417 e. The van der Waals surface area contributed by atoms with Crippen LogP contribution >= 0.6 is 0 Å². The first-order chi connectivity index (χ1) is 16.7. The molecule has 1 unspecified atom stereocenters. The van der Waals surface area contributed by atoms with Gasteiger partial charge in [-0.1, -0.05) is 12.1 Å². The normalized spacial score (nSPS) is 19.4. The van der Waals surface area contributed by atoms with Gasteiger partial charge in [-0.05, 0) is 49.1 Å². The van der Waals surface area contributed by atoms with Gasteiger partial charge in [-0.2, -0.15) is 13.2 Å². The minimum absolute atomic E-state index is 0.00603. The molecule has 0 saturated carbocycles. The van der Waals surface area contributed by atoms with Crippen LogP contribution in [0.25, 0.3) is 0 Å². The summed E-state index contributed by atoms with van der Waals surface area (Å²) in [5.74, 6) is -0.245. The molecule has 1 aromatic heterocycles. The Balaban J connectivity index is 1.32. The Morgan fingerprint density at radius 3 is 2.34 bits per heavy atom. The van der Waals surface area contributed by atoms with E-state index in [-0.39, 0.29) is 30.0 Å². The number of pyridine rings is 1. The summed E-state index contributed by atoms with van der Waals surface area (Å²) in [5.41, 5.74) is -0.0574. The number of carbonyl (C=O) groups is 2. The average Bonchev–Trinajstić information content (AvgIpc) is 3.11. The number of rotatable bonds is 4. The van der Waals surface area contributed by atoms with Crippen LogP contribution in [-0.2, 0) is 22.2 Å². The highest BCUT2D eigenvalue weighted by Gasteiger charge is 2.33. The highest BCUT2D eigenvalue weighted by molar-refractivity contribution is 5.82. The lowest BCUT2D eigenvalue weighted by molar-refractivity contribution is -0.140. The van der Waals surface area contributed by atoms with E-state index in [1.807, 2.05) is 4.90 Å². The molecule has 2 saturated heterocycles. The van der Waals surface area contributed by atoms with Crippen molar-refractivity contribution < 1.29 is 27.2 Å². The number of aromatic nitrogens is 1. The van der Waals surface area contributed by atoms with Crippen LogP contribution in [0, 0.1) is 11.7 Å². The number of hydrogen-bond donors (Lipinski definition) is 0. The summed E-state index contributed by atoms with van der Waals surface area (Å²) in [6.45, 7) is 3.02. The van der Waals surface area contributed by atoms with Crippen LogP contribution in [0.3, 0.4) is 0 Å².